The van der Waals surface area contributed by atoms with Crippen LogP contribution in [0.4, 0.5) is 11.4 Å². The molecule has 2 heterocycles. The maximum Gasteiger partial charge on any atom is 0.298 e. The Morgan fingerprint density at radius 2 is 1.50 bits per heavy atom. The molecule has 2 aliphatic heterocycles. The SMILES string of the molecule is CNS(=O)(=O)Nc1ccc(N2CCN(CCN3CCOCC3)CC2)cc1. The Hall–Kier alpha value is -1.39. The quantitative estimate of drug-likeness (QED) is 0.691. The van der Waals surface area contributed by atoms with E-state index in [-0.39, 0.29) is 0 Å². The van der Waals surface area contributed by atoms with E-state index in [1.807, 2.05) is 12.1 Å². The molecule has 0 spiro atoms. The Balaban J connectivity index is 1.44. The highest BCUT2D eigenvalue weighted by Crippen LogP contribution is 2.20. The summed E-state index contributed by atoms with van der Waals surface area (Å²) in [4.78, 5) is 7.34. The summed E-state index contributed by atoms with van der Waals surface area (Å²) in [5, 5.41) is 0. The van der Waals surface area contributed by atoms with Gasteiger partial charge in [0.05, 0.1) is 13.2 Å². The predicted molar refractivity (Wildman–Crippen MR) is 104 cm³/mol. The van der Waals surface area contributed by atoms with E-state index >= 15 is 0 Å². The smallest absolute Gasteiger partial charge is 0.298 e. The van der Waals surface area contributed by atoms with Gasteiger partial charge in [-0.25, -0.2) is 4.72 Å². The molecule has 1 aromatic carbocycles. The third-order valence-electron chi connectivity index (χ3n) is 4.96. The molecular formula is C17H29N5O3S. The first-order chi connectivity index (χ1) is 12.6. The van der Waals surface area contributed by atoms with Crippen molar-refractivity contribution in [2.75, 3.05) is 82.2 Å². The lowest BCUT2D eigenvalue weighted by Gasteiger charge is -2.37. The Labute approximate surface area is 156 Å². The largest absolute Gasteiger partial charge is 0.379 e. The van der Waals surface area contributed by atoms with E-state index in [4.69, 9.17) is 4.74 Å². The van der Waals surface area contributed by atoms with Gasteiger partial charge in [0.15, 0.2) is 0 Å². The van der Waals surface area contributed by atoms with Crippen molar-refractivity contribution in [3.05, 3.63) is 24.3 Å². The van der Waals surface area contributed by atoms with Crippen molar-refractivity contribution >= 4 is 21.6 Å². The van der Waals surface area contributed by atoms with Gasteiger partial charge in [-0.1, -0.05) is 0 Å². The first-order valence-corrected chi connectivity index (χ1v) is 10.6. The van der Waals surface area contributed by atoms with E-state index in [0.29, 0.717) is 5.69 Å². The van der Waals surface area contributed by atoms with E-state index in [0.717, 1.165) is 71.3 Å². The molecular weight excluding hydrogens is 354 g/mol. The minimum atomic E-state index is -3.47. The molecule has 0 amide bonds. The summed E-state index contributed by atoms with van der Waals surface area (Å²) in [5.41, 5.74) is 1.69. The van der Waals surface area contributed by atoms with Crippen molar-refractivity contribution in [3.8, 4) is 0 Å². The van der Waals surface area contributed by atoms with Gasteiger partial charge in [0.2, 0.25) is 0 Å². The zero-order valence-corrected chi connectivity index (χ0v) is 16.2. The second kappa shape index (κ2) is 9.01. The van der Waals surface area contributed by atoms with Crippen molar-refractivity contribution in [2.24, 2.45) is 0 Å². The van der Waals surface area contributed by atoms with Crippen molar-refractivity contribution in [1.82, 2.24) is 14.5 Å². The van der Waals surface area contributed by atoms with Gasteiger partial charge in [-0.3, -0.25) is 14.5 Å². The maximum atomic E-state index is 11.5. The fourth-order valence-electron chi connectivity index (χ4n) is 3.28. The zero-order valence-electron chi connectivity index (χ0n) is 15.4. The van der Waals surface area contributed by atoms with Crippen LogP contribution in [0.15, 0.2) is 24.3 Å². The molecule has 26 heavy (non-hydrogen) atoms. The number of nitrogens with zero attached hydrogens (tertiary/aromatic N) is 3. The fourth-order valence-corrected chi connectivity index (χ4v) is 3.83. The Morgan fingerprint density at radius 3 is 2.08 bits per heavy atom. The van der Waals surface area contributed by atoms with Crippen LogP contribution < -0.4 is 14.3 Å². The maximum absolute atomic E-state index is 11.5. The van der Waals surface area contributed by atoms with Crippen LogP contribution in [0, 0.1) is 0 Å². The molecule has 0 unspecified atom stereocenters. The minimum Gasteiger partial charge on any atom is -0.379 e. The second-order valence-corrected chi connectivity index (χ2v) is 8.26. The molecule has 0 bridgehead atoms. The van der Waals surface area contributed by atoms with Crippen LogP contribution in [0.3, 0.4) is 0 Å². The third-order valence-corrected chi connectivity index (χ3v) is 6.00. The van der Waals surface area contributed by atoms with E-state index in [1.54, 1.807) is 12.1 Å². The van der Waals surface area contributed by atoms with Crippen LogP contribution in [0.25, 0.3) is 0 Å². The van der Waals surface area contributed by atoms with Gasteiger partial charge >= 0.3 is 0 Å². The number of anilines is 2. The topological polar surface area (TPSA) is 77.2 Å². The first kappa shape index (κ1) is 19.4. The molecule has 2 aliphatic rings. The van der Waals surface area contributed by atoms with E-state index in [2.05, 4.69) is 24.1 Å². The molecule has 0 atom stereocenters. The summed E-state index contributed by atoms with van der Waals surface area (Å²) >= 11 is 0. The fraction of sp³-hybridized carbons (Fsp3) is 0.647. The minimum absolute atomic E-state index is 0.562. The molecule has 3 rings (SSSR count). The van der Waals surface area contributed by atoms with Crippen LogP contribution >= 0.6 is 0 Å². The summed E-state index contributed by atoms with van der Waals surface area (Å²) < 4.78 is 33.1. The number of hydrogen-bond acceptors (Lipinski definition) is 6. The average molecular weight is 384 g/mol. The molecule has 9 heteroatoms. The summed E-state index contributed by atoms with van der Waals surface area (Å²) in [6.45, 7) is 10.1. The van der Waals surface area contributed by atoms with Gasteiger partial charge in [0.25, 0.3) is 10.2 Å². The molecule has 0 aromatic heterocycles. The normalized spacial score (nSPS) is 20.3. The van der Waals surface area contributed by atoms with Crippen LogP contribution in [-0.4, -0.2) is 90.8 Å². The van der Waals surface area contributed by atoms with Crippen LogP contribution in [-0.2, 0) is 14.9 Å². The average Bonchev–Trinajstić information content (AvgIpc) is 2.68. The highest BCUT2D eigenvalue weighted by Gasteiger charge is 2.18. The number of nitrogens with one attached hydrogen (secondary N) is 2. The summed E-state index contributed by atoms with van der Waals surface area (Å²) in [5.74, 6) is 0. The van der Waals surface area contributed by atoms with Gasteiger partial charge in [-0.15, -0.1) is 0 Å². The summed E-state index contributed by atoms with van der Waals surface area (Å²) in [6, 6.07) is 7.54. The lowest BCUT2D eigenvalue weighted by Crippen LogP contribution is -2.49. The molecule has 0 radical (unpaired) electrons. The molecule has 2 saturated heterocycles. The van der Waals surface area contributed by atoms with Crippen LogP contribution in [0.5, 0.6) is 0 Å². The number of piperazine rings is 1. The molecule has 2 N–H and O–H groups in total. The van der Waals surface area contributed by atoms with Crippen molar-refractivity contribution in [2.45, 2.75) is 0 Å². The molecule has 146 valence electrons. The van der Waals surface area contributed by atoms with Crippen molar-refractivity contribution in [3.63, 3.8) is 0 Å². The van der Waals surface area contributed by atoms with Gasteiger partial charge in [-0.05, 0) is 24.3 Å². The molecule has 2 fully saturated rings. The highest BCUT2D eigenvalue weighted by molar-refractivity contribution is 7.90. The number of ether oxygens (including phenoxy) is 1. The van der Waals surface area contributed by atoms with Gasteiger partial charge in [0, 0.05) is 70.8 Å². The Bertz CT molecular complexity index is 653. The van der Waals surface area contributed by atoms with Crippen molar-refractivity contribution < 1.29 is 13.2 Å². The van der Waals surface area contributed by atoms with E-state index < -0.39 is 10.2 Å². The van der Waals surface area contributed by atoms with Crippen LogP contribution in [0.1, 0.15) is 0 Å². The second-order valence-electron chi connectivity index (χ2n) is 6.64. The van der Waals surface area contributed by atoms with Gasteiger partial charge in [0.1, 0.15) is 0 Å². The number of rotatable bonds is 7. The first-order valence-electron chi connectivity index (χ1n) is 9.14. The van der Waals surface area contributed by atoms with E-state index in [9.17, 15) is 8.42 Å². The summed E-state index contributed by atoms with van der Waals surface area (Å²) in [7, 11) is -2.08. The van der Waals surface area contributed by atoms with E-state index in [1.165, 1.54) is 7.05 Å². The number of hydrogen-bond donors (Lipinski definition) is 2. The summed E-state index contributed by atoms with van der Waals surface area (Å²) in [6.07, 6.45) is 0. The lowest BCUT2D eigenvalue weighted by molar-refractivity contribution is 0.0331. The zero-order chi connectivity index (χ0) is 18.4. The van der Waals surface area contributed by atoms with Crippen molar-refractivity contribution in [1.29, 1.82) is 0 Å². The Kier molecular flexibility index (Phi) is 6.71. The van der Waals surface area contributed by atoms with Gasteiger partial charge < -0.3 is 9.64 Å². The molecule has 0 saturated carbocycles. The molecule has 0 aliphatic carbocycles. The molecule has 1 aromatic rings. The standard InChI is InChI=1S/C17H29N5O3S/c1-18-26(23,24)19-16-2-4-17(5-3-16)22-10-8-20(9-11-22)6-7-21-12-14-25-15-13-21/h2-5,18-19H,6-15H2,1H3. The predicted octanol–water partition coefficient (Wildman–Crippen LogP) is 0.0169. The van der Waals surface area contributed by atoms with Gasteiger partial charge in [-0.2, -0.15) is 8.42 Å². The lowest BCUT2D eigenvalue weighted by atomic mass is 10.2. The number of benzene rings is 1. The monoisotopic (exact) mass is 383 g/mol. The molecule has 8 nitrogen and oxygen atoms in total. The van der Waals surface area contributed by atoms with Crippen LogP contribution in [0.2, 0.25) is 0 Å². The highest BCUT2D eigenvalue weighted by atomic mass is 32.2. The third kappa shape index (κ3) is 5.55. The number of morpholine rings is 1. The Morgan fingerprint density at radius 1 is 0.923 bits per heavy atom.